The lowest BCUT2D eigenvalue weighted by Crippen LogP contribution is -2.33. The molecule has 1 fully saturated rings. The van der Waals surface area contributed by atoms with Gasteiger partial charge in [-0.1, -0.05) is 13.0 Å². The van der Waals surface area contributed by atoms with Crippen LogP contribution in [0.5, 0.6) is 0 Å². The molecule has 0 radical (unpaired) electrons. The Labute approximate surface area is 83.0 Å². The van der Waals surface area contributed by atoms with Crippen LogP contribution in [0.15, 0.2) is 12.2 Å². The number of nitrogens with one attached hydrogen (secondary N) is 1. The number of carboxylic acids is 1. The van der Waals surface area contributed by atoms with E-state index in [-0.39, 0.29) is 17.5 Å². The topological polar surface area (TPSA) is 66.4 Å². The highest BCUT2D eigenvalue weighted by Crippen LogP contribution is 2.14. The first-order valence-corrected chi connectivity index (χ1v) is 4.80. The third-order valence-electron chi connectivity index (χ3n) is 2.37. The van der Waals surface area contributed by atoms with Crippen LogP contribution in [-0.4, -0.2) is 23.0 Å². The van der Waals surface area contributed by atoms with Gasteiger partial charge in [-0.05, 0) is 19.3 Å². The van der Waals surface area contributed by atoms with E-state index in [1.54, 1.807) is 0 Å². The molecule has 0 spiro atoms. The number of carbonyl (C=O) groups is 2. The van der Waals surface area contributed by atoms with E-state index in [0.717, 1.165) is 19.3 Å². The molecule has 78 valence electrons. The molecule has 1 aliphatic heterocycles. The Hall–Kier alpha value is -1.32. The standard InChI is InChI=1S/C10H15NO3/c1-7(10(13)14)6-8-4-2-3-5-9(12)11-8/h8H,1-6H2,(H,11,12)(H,13,14). The molecule has 14 heavy (non-hydrogen) atoms. The highest BCUT2D eigenvalue weighted by Gasteiger charge is 2.18. The van der Waals surface area contributed by atoms with Crippen molar-refractivity contribution in [1.82, 2.24) is 5.32 Å². The van der Waals surface area contributed by atoms with Crippen LogP contribution in [0.3, 0.4) is 0 Å². The lowest BCUT2D eigenvalue weighted by Gasteiger charge is -2.15. The molecule has 0 bridgehead atoms. The molecule has 4 heteroatoms. The molecule has 1 saturated heterocycles. The van der Waals surface area contributed by atoms with E-state index in [1.807, 2.05) is 0 Å². The fourth-order valence-electron chi connectivity index (χ4n) is 1.59. The van der Waals surface area contributed by atoms with Gasteiger partial charge in [0.1, 0.15) is 0 Å². The maximum absolute atomic E-state index is 11.2. The zero-order valence-corrected chi connectivity index (χ0v) is 8.08. The van der Waals surface area contributed by atoms with E-state index < -0.39 is 5.97 Å². The summed E-state index contributed by atoms with van der Waals surface area (Å²) in [7, 11) is 0. The summed E-state index contributed by atoms with van der Waals surface area (Å²) in [4.78, 5) is 21.7. The number of hydrogen-bond acceptors (Lipinski definition) is 2. The first kappa shape index (κ1) is 10.8. The maximum atomic E-state index is 11.2. The summed E-state index contributed by atoms with van der Waals surface area (Å²) >= 11 is 0. The number of aliphatic carboxylic acids is 1. The molecular formula is C10H15NO3. The van der Waals surface area contributed by atoms with Crippen molar-refractivity contribution in [1.29, 1.82) is 0 Å². The molecule has 0 aliphatic carbocycles. The minimum atomic E-state index is -0.983. The van der Waals surface area contributed by atoms with Crippen molar-refractivity contribution < 1.29 is 14.7 Å². The van der Waals surface area contributed by atoms with Gasteiger partial charge in [-0.25, -0.2) is 4.79 Å². The van der Waals surface area contributed by atoms with Crippen molar-refractivity contribution in [3.05, 3.63) is 12.2 Å². The van der Waals surface area contributed by atoms with Gasteiger partial charge in [0, 0.05) is 18.0 Å². The third-order valence-corrected chi connectivity index (χ3v) is 2.37. The fourth-order valence-corrected chi connectivity index (χ4v) is 1.59. The van der Waals surface area contributed by atoms with Crippen LogP contribution in [0.25, 0.3) is 0 Å². The summed E-state index contributed by atoms with van der Waals surface area (Å²) < 4.78 is 0. The van der Waals surface area contributed by atoms with Gasteiger partial charge in [0.2, 0.25) is 5.91 Å². The molecule has 1 amide bonds. The smallest absolute Gasteiger partial charge is 0.331 e. The van der Waals surface area contributed by atoms with Gasteiger partial charge in [-0.2, -0.15) is 0 Å². The lowest BCUT2D eigenvalue weighted by molar-refractivity contribution is -0.133. The van der Waals surface area contributed by atoms with E-state index in [9.17, 15) is 9.59 Å². The van der Waals surface area contributed by atoms with Crippen LogP contribution >= 0.6 is 0 Å². The normalized spacial score (nSPS) is 22.3. The maximum Gasteiger partial charge on any atom is 0.331 e. The second-order valence-corrected chi connectivity index (χ2v) is 3.62. The molecule has 4 nitrogen and oxygen atoms in total. The first-order chi connectivity index (χ1) is 6.59. The fraction of sp³-hybridized carbons (Fsp3) is 0.600. The molecule has 1 aliphatic rings. The van der Waals surface area contributed by atoms with E-state index >= 15 is 0 Å². The largest absolute Gasteiger partial charge is 0.478 e. The molecule has 0 aromatic carbocycles. The Bertz CT molecular complexity index is 260. The molecule has 0 saturated carbocycles. The SMILES string of the molecule is C=C(CC1CCCCC(=O)N1)C(=O)O. The van der Waals surface area contributed by atoms with E-state index in [4.69, 9.17) is 5.11 Å². The minimum Gasteiger partial charge on any atom is -0.478 e. The Kier molecular flexibility index (Phi) is 3.68. The van der Waals surface area contributed by atoms with Gasteiger partial charge in [0.05, 0.1) is 0 Å². The number of hydrogen-bond donors (Lipinski definition) is 2. The van der Waals surface area contributed by atoms with Crippen LogP contribution in [-0.2, 0) is 9.59 Å². The van der Waals surface area contributed by atoms with Crippen molar-refractivity contribution >= 4 is 11.9 Å². The Balaban J connectivity index is 2.46. The van der Waals surface area contributed by atoms with Gasteiger partial charge in [-0.15, -0.1) is 0 Å². The van der Waals surface area contributed by atoms with Crippen molar-refractivity contribution in [3.8, 4) is 0 Å². The monoisotopic (exact) mass is 197 g/mol. The quantitative estimate of drug-likeness (QED) is 0.665. The zero-order chi connectivity index (χ0) is 10.6. The Morgan fingerprint density at radius 2 is 2.29 bits per heavy atom. The molecule has 1 unspecified atom stereocenters. The first-order valence-electron chi connectivity index (χ1n) is 4.80. The number of carboxylic acid groups (broad SMARTS) is 1. The third kappa shape index (κ3) is 3.20. The second-order valence-electron chi connectivity index (χ2n) is 3.62. The summed E-state index contributed by atoms with van der Waals surface area (Å²) in [5, 5.41) is 11.4. The minimum absolute atomic E-state index is 0.0192. The molecule has 1 heterocycles. The van der Waals surface area contributed by atoms with Crippen molar-refractivity contribution in [2.45, 2.75) is 38.1 Å². The Morgan fingerprint density at radius 1 is 1.57 bits per heavy atom. The van der Waals surface area contributed by atoms with Crippen molar-refractivity contribution in [3.63, 3.8) is 0 Å². The second kappa shape index (κ2) is 4.79. The van der Waals surface area contributed by atoms with Gasteiger partial charge < -0.3 is 10.4 Å². The van der Waals surface area contributed by atoms with Crippen LogP contribution in [0.4, 0.5) is 0 Å². The molecule has 2 N–H and O–H groups in total. The average Bonchev–Trinajstić information content (AvgIpc) is 2.29. The van der Waals surface area contributed by atoms with Gasteiger partial charge in [0.15, 0.2) is 0 Å². The molecule has 1 rings (SSSR count). The van der Waals surface area contributed by atoms with Crippen molar-refractivity contribution in [2.75, 3.05) is 0 Å². The van der Waals surface area contributed by atoms with Gasteiger partial charge in [-0.3, -0.25) is 4.79 Å². The van der Waals surface area contributed by atoms with Crippen LogP contribution in [0.1, 0.15) is 32.1 Å². The highest BCUT2D eigenvalue weighted by atomic mass is 16.4. The summed E-state index contributed by atoms with van der Waals surface area (Å²) in [6.07, 6.45) is 3.60. The highest BCUT2D eigenvalue weighted by molar-refractivity contribution is 5.86. The average molecular weight is 197 g/mol. The number of rotatable bonds is 3. The van der Waals surface area contributed by atoms with Crippen LogP contribution in [0, 0.1) is 0 Å². The molecule has 0 aromatic rings. The number of carbonyl (C=O) groups excluding carboxylic acids is 1. The summed E-state index contributed by atoms with van der Waals surface area (Å²) in [6.45, 7) is 3.45. The van der Waals surface area contributed by atoms with Gasteiger partial charge >= 0.3 is 5.97 Å². The van der Waals surface area contributed by atoms with Gasteiger partial charge in [0.25, 0.3) is 0 Å². The summed E-state index contributed by atoms with van der Waals surface area (Å²) in [5.41, 5.74) is 0.164. The van der Waals surface area contributed by atoms with Crippen LogP contribution < -0.4 is 5.32 Å². The lowest BCUT2D eigenvalue weighted by atomic mass is 10.0. The summed E-state index contributed by atoms with van der Waals surface area (Å²) in [5.74, 6) is -0.964. The van der Waals surface area contributed by atoms with Crippen molar-refractivity contribution in [2.24, 2.45) is 0 Å². The predicted octanol–water partition coefficient (Wildman–Crippen LogP) is 1.08. The number of amides is 1. The van der Waals surface area contributed by atoms with Crippen LogP contribution in [0.2, 0.25) is 0 Å². The molecular weight excluding hydrogens is 182 g/mol. The van der Waals surface area contributed by atoms with E-state index in [2.05, 4.69) is 11.9 Å². The molecule has 0 aromatic heterocycles. The summed E-state index contributed by atoms with van der Waals surface area (Å²) in [6, 6.07) is -0.0476. The zero-order valence-electron chi connectivity index (χ0n) is 8.08. The Morgan fingerprint density at radius 3 is 2.93 bits per heavy atom. The predicted molar refractivity (Wildman–Crippen MR) is 51.8 cm³/mol. The van der Waals surface area contributed by atoms with E-state index in [0.29, 0.717) is 12.8 Å². The molecule has 1 atom stereocenters. The van der Waals surface area contributed by atoms with E-state index in [1.165, 1.54) is 0 Å².